The number of aromatic carboxylic acids is 1. The molecule has 0 aliphatic carbocycles. The smallest absolute Gasteiger partial charge is 0.526 e. The van der Waals surface area contributed by atoms with Crippen molar-refractivity contribution in [3.05, 3.63) is 64.7 Å². The number of rotatable bonds is 5. The first kappa shape index (κ1) is 17.9. The first-order valence-electron chi connectivity index (χ1n) is 8.21. The number of hydrogen-bond donors (Lipinski definition) is 2. The monoisotopic (exact) mass is 352 g/mol. The number of benzene rings is 2. The third kappa shape index (κ3) is 3.39. The first-order chi connectivity index (χ1) is 12.4. The van der Waals surface area contributed by atoms with Crippen molar-refractivity contribution < 1.29 is 29.2 Å². The largest absolute Gasteiger partial charge is 0.535 e. The Bertz CT molecular complexity index is 891. The van der Waals surface area contributed by atoms with Crippen molar-refractivity contribution in [3.63, 3.8) is 0 Å². The van der Waals surface area contributed by atoms with Crippen molar-refractivity contribution in [1.29, 1.82) is 0 Å². The molecular weight excluding hydrogens is 335 g/mol. The Morgan fingerprint density at radius 3 is 2.38 bits per heavy atom. The highest BCUT2D eigenvalue weighted by Gasteiger charge is 2.37. The molecule has 7 heteroatoms. The summed E-state index contributed by atoms with van der Waals surface area (Å²) in [6.45, 7) is 1.42. The molecule has 0 bridgehead atoms. The SMILES string of the molecule is CC(=O)c1cccc2c1OB(O)[C@@H](CC(=O)c1ccccc1C(=O)O)C2. The van der Waals surface area contributed by atoms with E-state index in [1.807, 2.05) is 0 Å². The molecule has 2 aromatic carbocycles. The minimum Gasteiger partial charge on any atom is -0.535 e. The summed E-state index contributed by atoms with van der Waals surface area (Å²) in [6, 6.07) is 11.1. The molecule has 0 unspecified atom stereocenters. The highest BCUT2D eigenvalue weighted by atomic mass is 16.5. The number of carboxylic acid groups (broad SMARTS) is 1. The summed E-state index contributed by atoms with van der Waals surface area (Å²) in [4.78, 5) is 35.6. The van der Waals surface area contributed by atoms with E-state index in [0.29, 0.717) is 17.7 Å². The van der Waals surface area contributed by atoms with Gasteiger partial charge >= 0.3 is 13.1 Å². The quantitative estimate of drug-likeness (QED) is 0.634. The summed E-state index contributed by atoms with van der Waals surface area (Å²) in [5.41, 5.74) is 1.17. The Hall–Kier alpha value is -2.93. The van der Waals surface area contributed by atoms with Crippen LogP contribution in [0.2, 0.25) is 5.82 Å². The van der Waals surface area contributed by atoms with Crippen LogP contribution in [0, 0.1) is 0 Å². The normalized spacial score (nSPS) is 15.8. The van der Waals surface area contributed by atoms with Gasteiger partial charge in [0, 0.05) is 17.8 Å². The van der Waals surface area contributed by atoms with Crippen LogP contribution < -0.4 is 4.65 Å². The van der Waals surface area contributed by atoms with Crippen molar-refractivity contribution in [3.8, 4) is 5.75 Å². The van der Waals surface area contributed by atoms with E-state index in [1.54, 1.807) is 30.3 Å². The van der Waals surface area contributed by atoms with Gasteiger partial charge in [-0.25, -0.2) is 4.79 Å². The van der Waals surface area contributed by atoms with Gasteiger partial charge in [0.2, 0.25) is 0 Å². The van der Waals surface area contributed by atoms with Crippen LogP contribution in [-0.4, -0.2) is 34.8 Å². The van der Waals surface area contributed by atoms with Gasteiger partial charge in [-0.3, -0.25) is 9.59 Å². The van der Waals surface area contributed by atoms with Gasteiger partial charge in [0.05, 0.1) is 11.1 Å². The number of fused-ring (bicyclic) bond motifs is 1. The molecule has 0 fully saturated rings. The van der Waals surface area contributed by atoms with E-state index in [4.69, 9.17) is 4.65 Å². The molecule has 0 saturated carbocycles. The second-order valence-corrected chi connectivity index (χ2v) is 6.30. The zero-order valence-electron chi connectivity index (χ0n) is 14.1. The lowest BCUT2D eigenvalue weighted by Crippen LogP contribution is -2.35. The predicted octanol–water partition coefficient (Wildman–Crippen LogP) is 2.65. The van der Waals surface area contributed by atoms with Gasteiger partial charge in [-0.1, -0.05) is 30.3 Å². The standard InChI is InChI=1S/C19H17BO6/c1-11(21)14-8-4-5-12-9-13(20(25)26-18(12)14)10-17(22)15-6-2-3-7-16(15)19(23)24/h2-8,13,25H,9-10H2,1H3,(H,23,24)/t13-/m1/s1. The van der Waals surface area contributed by atoms with E-state index in [1.165, 1.54) is 19.1 Å². The molecule has 2 N–H and O–H groups in total. The Morgan fingerprint density at radius 2 is 1.73 bits per heavy atom. The van der Waals surface area contributed by atoms with Crippen LogP contribution in [0.4, 0.5) is 0 Å². The topological polar surface area (TPSA) is 101 Å². The van der Waals surface area contributed by atoms with Crippen LogP contribution in [0.3, 0.4) is 0 Å². The van der Waals surface area contributed by atoms with E-state index < -0.39 is 18.9 Å². The van der Waals surface area contributed by atoms with Gasteiger partial charge in [-0.2, -0.15) is 0 Å². The molecule has 0 radical (unpaired) electrons. The fourth-order valence-electron chi connectivity index (χ4n) is 3.20. The molecule has 0 saturated heterocycles. The highest BCUT2D eigenvalue weighted by molar-refractivity contribution is 6.47. The van der Waals surface area contributed by atoms with Gasteiger partial charge in [0.1, 0.15) is 5.75 Å². The Kier molecular flexibility index (Phi) is 4.91. The van der Waals surface area contributed by atoms with Crippen molar-refractivity contribution in [2.45, 2.75) is 25.6 Å². The van der Waals surface area contributed by atoms with Gasteiger partial charge < -0.3 is 14.8 Å². The van der Waals surface area contributed by atoms with Crippen LogP contribution in [0.15, 0.2) is 42.5 Å². The highest BCUT2D eigenvalue weighted by Crippen LogP contribution is 2.37. The third-order valence-corrected chi connectivity index (χ3v) is 4.51. The Morgan fingerprint density at radius 1 is 1.08 bits per heavy atom. The van der Waals surface area contributed by atoms with E-state index in [0.717, 1.165) is 5.56 Å². The maximum Gasteiger partial charge on any atom is 0.526 e. The molecule has 3 rings (SSSR count). The molecule has 1 atom stereocenters. The summed E-state index contributed by atoms with van der Waals surface area (Å²) in [5.74, 6) is -1.90. The Labute approximate surface area is 150 Å². The molecule has 0 aromatic heterocycles. The number of Topliss-reactive ketones (excluding diaryl/α,β-unsaturated/α-hetero) is 2. The van der Waals surface area contributed by atoms with E-state index in [9.17, 15) is 24.5 Å². The molecule has 1 heterocycles. The lowest BCUT2D eigenvalue weighted by atomic mass is 9.64. The number of hydrogen-bond acceptors (Lipinski definition) is 5. The average molecular weight is 352 g/mol. The number of carbonyl (C=O) groups excluding carboxylic acids is 2. The average Bonchev–Trinajstić information content (AvgIpc) is 2.61. The van der Waals surface area contributed by atoms with Gasteiger partial charge in [-0.05, 0) is 31.0 Å². The zero-order valence-corrected chi connectivity index (χ0v) is 14.1. The number of carboxylic acids is 1. The van der Waals surface area contributed by atoms with Gasteiger partial charge in [0.15, 0.2) is 11.6 Å². The summed E-state index contributed by atoms with van der Waals surface area (Å²) in [5, 5.41) is 19.5. The molecule has 0 amide bonds. The Balaban J connectivity index is 1.84. The number of carbonyl (C=O) groups is 3. The molecule has 1 aliphatic heterocycles. The molecule has 26 heavy (non-hydrogen) atoms. The summed E-state index contributed by atoms with van der Waals surface area (Å²) in [6.07, 6.45) is 0.299. The molecule has 6 nitrogen and oxygen atoms in total. The minimum atomic E-state index is -1.25. The maximum absolute atomic E-state index is 12.6. The third-order valence-electron chi connectivity index (χ3n) is 4.51. The van der Waals surface area contributed by atoms with E-state index in [-0.39, 0.29) is 29.1 Å². The number of ketones is 2. The summed E-state index contributed by atoms with van der Waals surface area (Å²) >= 11 is 0. The van der Waals surface area contributed by atoms with Crippen LogP contribution in [-0.2, 0) is 6.42 Å². The fraction of sp³-hybridized carbons (Fsp3) is 0.211. The molecule has 0 spiro atoms. The van der Waals surface area contributed by atoms with Crippen LogP contribution in [0.1, 0.15) is 50.0 Å². The van der Waals surface area contributed by atoms with Crippen molar-refractivity contribution in [2.75, 3.05) is 0 Å². The molecule has 132 valence electrons. The molecule has 2 aromatic rings. The van der Waals surface area contributed by atoms with Crippen molar-refractivity contribution in [2.24, 2.45) is 0 Å². The second-order valence-electron chi connectivity index (χ2n) is 6.30. The second kappa shape index (κ2) is 7.13. The molecular formula is C19H17BO6. The summed E-state index contributed by atoms with van der Waals surface area (Å²) in [7, 11) is -1.25. The first-order valence-corrected chi connectivity index (χ1v) is 8.21. The van der Waals surface area contributed by atoms with Gasteiger partial charge in [-0.15, -0.1) is 0 Å². The minimum absolute atomic E-state index is 0.0603. The lowest BCUT2D eigenvalue weighted by molar-refractivity contribution is 0.0691. The van der Waals surface area contributed by atoms with Crippen molar-refractivity contribution in [1.82, 2.24) is 0 Å². The van der Waals surface area contributed by atoms with E-state index >= 15 is 0 Å². The lowest BCUT2D eigenvalue weighted by Gasteiger charge is -2.28. The van der Waals surface area contributed by atoms with Crippen LogP contribution in [0.5, 0.6) is 5.75 Å². The van der Waals surface area contributed by atoms with Crippen molar-refractivity contribution >= 4 is 24.7 Å². The molecule has 1 aliphatic rings. The van der Waals surface area contributed by atoms with Gasteiger partial charge in [0.25, 0.3) is 0 Å². The van der Waals surface area contributed by atoms with E-state index in [2.05, 4.69) is 0 Å². The summed E-state index contributed by atoms with van der Waals surface area (Å²) < 4.78 is 5.52. The fourth-order valence-corrected chi connectivity index (χ4v) is 3.20. The maximum atomic E-state index is 12.6. The number of para-hydroxylation sites is 1. The van der Waals surface area contributed by atoms with Crippen LogP contribution in [0.25, 0.3) is 0 Å². The van der Waals surface area contributed by atoms with Crippen LogP contribution >= 0.6 is 0 Å². The predicted molar refractivity (Wildman–Crippen MR) is 94.9 cm³/mol. The zero-order chi connectivity index (χ0) is 18.8.